The summed E-state index contributed by atoms with van der Waals surface area (Å²) in [6.07, 6.45) is 4.07. The first-order valence-corrected chi connectivity index (χ1v) is 8.95. The fourth-order valence-electron chi connectivity index (χ4n) is 1.81. The Kier molecular flexibility index (Phi) is 11.3. The highest BCUT2D eigenvalue weighted by Crippen LogP contribution is 2.16. The van der Waals surface area contributed by atoms with Gasteiger partial charge in [-0.15, -0.1) is 12.4 Å². The van der Waals surface area contributed by atoms with E-state index in [1.165, 1.54) is 0 Å². The minimum absolute atomic E-state index is 0. The van der Waals surface area contributed by atoms with Crippen molar-refractivity contribution in [3.8, 4) is 5.75 Å². The van der Waals surface area contributed by atoms with Crippen LogP contribution in [0.4, 0.5) is 0 Å². The average molecular weight is 351 g/mol. The number of sulfonamides is 1. The highest BCUT2D eigenvalue weighted by molar-refractivity contribution is 7.89. The molecule has 0 bridgehead atoms. The highest BCUT2D eigenvalue weighted by atomic mass is 35.5. The van der Waals surface area contributed by atoms with Gasteiger partial charge in [-0.2, -0.15) is 0 Å². The minimum atomic E-state index is -3.42. The quantitative estimate of drug-likeness (QED) is 0.602. The molecule has 0 saturated heterocycles. The van der Waals surface area contributed by atoms with Crippen LogP contribution in [0.5, 0.6) is 5.75 Å². The summed E-state index contributed by atoms with van der Waals surface area (Å²) in [6.45, 7) is 4.02. The Bertz CT molecular complexity index is 492. The molecule has 128 valence electrons. The normalized spacial score (nSPS) is 11.0. The van der Waals surface area contributed by atoms with Crippen LogP contribution in [-0.4, -0.2) is 35.2 Å². The summed E-state index contributed by atoms with van der Waals surface area (Å²) in [5.41, 5.74) is 0. The van der Waals surface area contributed by atoms with E-state index in [1.807, 2.05) is 7.05 Å². The van der Waals surface area contributed by atoms with E-state index in [1.54, 1.807) is 24.3 Å². The van der Waals surface area contributed by atoms with E-state index in [0.29, 0.717) is 18.9 Å². The Balaban J connectivity index is 0.00000441. The van der Waals surface area contributed by atoms with Gasteiger partial charge in [0.15, 0.2) is 0 Å². The number of halogens is 1. The van der Waals surface area contributed by atoms with Crippen LogP contribution in [0.15, 0.2) is 29.2 Å². The van der Waals surface area contributed by atoms with Gasteiger partial charge >= 0.3 is 0 Å². The number of ether oxygens (including phenoxy) is 1. The molecule has 0 amide bonds. The third kappa shape index (κ3) is 7.98. The molecule has 7 heteroatoms. The Morgan fingerprint density at radius 1 is 1.05 bits per heavy atom. The Labute approximate surface area is 140 Å². The van der Waals surface area contributed by atoms with Gasteiger partial charge in [-0.1, -0.05) is 19.8 Å². The molecule has 0 aliphatic rings. The maximum Gasteiger partial charge on any atom is 0.240 e. The van der Waals surface area contributed by atoms with Crippen molar-refractivity contribution in [2.24, 2.45) is 0 Å². The number of benzene rings is 1. The zero-order valence-corrected chi connectivity index (χ0v) is 14.9. The number of hydrogen-bond donors (Lipinski definition) is 2. The molecular formula is C15H27ClN2O3S. The first-order chi connectivity index (χ1) is 10.1. The molecule has 0 heterocycles. The minimum Gasteiger partial charge on any atom is -0.494 e. The summed E-state index contributed by atoms with van der Waals surface area (Å²) in [4.78, 5) is 0.271. The van der Waals surface area contributed by atoms with Crippen LogP contribution >= 0.6 is 12.4 Å². The Morgan fingerprint density at radius 3 is 2.32 bits per heavy atom. The summed E-state index contributed by atoms with van der Waals surface area (Å²) in [5.74, 6) is 0.709. The van der Waals surface area contributed by atoms with E-state index in [2.05, 4.69) is 17.0 Å². The molecule has 0 fully saturated rings. The van der Waals surface area contributed by atoms with Crippen LogP contribution < -0.4 is 14.8 Å². The van der Waals surface area contributed by atoms with Crippen LogP contribution in [0.2, 0.25) is 0 Å². The fraction of sp³-hybridized carbons (Fsp3) is 0.600. The molecule has 0 unspecified atom stereocenters. The molecule has 0 aliphatic carbocycles. The first-order valence-electron chi connectivity index (χ1n) is 7.47. The van der Waals surface area contributed by atoms with Gasteiger partial charge in [-0.25, -0.2) is 13.1 Å². The molecule has 0 aromatic heterocycles. The standard InChI is InChI=1S/C15H26N2O3S.ClH/c1-3-4-5-13-20-14-7-9-15(10-8-14)21(18,19)17-12-6-11-16-2;/h7-10,16-17H,3-6,11-13H2,1-2H3;1H. The van der Waals surface area contributed by atoms with E-state index in [4.69, 9.17) is 4.74 Å². The van der Waals surface area contributed by atoms with Crippen LogP contribution in [0.1, 0.15) is 32.6 Å². The van der Waals surface area contributed by atoms with Crippen molar-refractivity contribution < 1.29 is 13.2 Å². The molecule has 1 aromatic rings. The molecular weight excluding hydrogens is 324 g/mol. The second-order valence-electron chi connectivity index (χ2n) is 4.88. The summed E-state index contributed by atoms with van der Waals surface area (Å²) in [6, 6.07) is 6.56. The van der Waals surface area contributed by atoms with Crippen LogP contribution in [0.3, 0.4) is 0 Å². The number of rotatable bonds is 11. The van der Waals surface area contributed by atoms with E-state index in [9.17, 15) is 8.42 Å². The van der Waals surface area contributed by atoms with Gasteiger partial charge in [0, 0.05) is 6.54 Å². The molecule has 1 aromatic carbocycles. The van der Waals surface area contributed by atoms with E-state index < -0.39 is 10.0 Å². The third-order valence-corrected chi connectivity index (χ3v) is 4.52. The molecule has 22 heavy (non-hydrogen) atoms. The number of unbranched alkanes of at least 4 members (excludes halogenated alkanes) is 2. The fourth-order valence-corrected chi connectivity index (χ4v) is 2.89. The van der Waals surface area contributed by atoms with Crippen molar-refractivity contribution in [2.45, 2.75) is 37.5 Å². The second kappa shape index (κ2) is 11.7. The van der Waals surface area contributed by atoms with Crippen LogP contribution in [-0.2, 0) is 10.0 Å². The molecule has 5 nitrogen and oxygen atoms in total. The monoisotopic (exact) mass is 350 g/mol. The van der Waals surface area contributed by atoms with Crippen LogP contribution in [0, 0.1) is 0 Å². The topological polar surface area (TPSA) is 67.4 Å². The number of nitrogens with one attached hydrogen (secondary N) is 2. The largest absolute Gasteiger partial charge is 0.494 e. The first kappa shape index (κ1) is 21.2. The average Bonchev–Trinajstić information content (AvgIpc) is 2.49. The van der Waals surface area contributed by atoms with E-state index in [-0.39, 0.29) is 17.3 Å². The molecule has 0 radical (unpaired) electrons. The van der Waals surface area contributed by atoms with Crippen molar-refractivity contribution in [1.29, 1.82) is 0 Å². The predicted octanol–water partition coefficient (Wildman–Crippen LogP) is 2.57. The van der Waals surface area contributed by atoms with Crippen molar-refractivity contribution in [3.05, 3.63) is 24.3 Å². The predicted molar refractivity (Wildman–Crippen MR) is 92.4 cm³/mol. The molecule has 0 aliphatic heterocycles. The van der Waals surface area contributed by atoms with Gasteiger partial charge in [0.2, 0.25) is 10.0 Å². The zero-order chi connectivity index (χ0) is 15.6. The Hall–Kier alpha value is -0.820. The van der Waals surface area contributed by atoms with Crippen molar-refractivity contribution in [1.82, 2.24) is 10.0 Å². The molecule has 0 spiro atoms. The van der Waals surface area contributed by atoms with E-state index in [0.717, 1.165) is 32.2 Å². The lowest BCUT2D eigenvalue weighted by atomic mass is 10.3. The van der Waals surface area contributed by atoms with Crippen LogP contribution in [0.25, 0.3) is 0 Å². The SMILES string of the molecule is CCCCCOc1ccc(S(=O)(=O)NCCCNC)cc1.Cl. The lowest BCUT2D eigenvalue weighted by Gasteiger charge is -2.09. The molecule has 0 atom stereocenters. The van der Waals surface area contributed by atoms with Gasteiger partial charge in [-0.3, -0.25) is 0 Å². The molecule has 0 saturated carbocycles. The van der Waals surface area contributed by atoms with Gasteiger partial charge in [0.05, 0.1) is 11.5 Å². The lowest BCUT2D eigenvalue weighted by molar-refractivity contribution is 0.306. The second-order valence-corrected chi connectivity index (χ2v) is 6.65. The van der Waals surface area contributed by atoms with E-state index >= 15 is 0 Å². The smallest absolute Gasteiger partial charge is 0.240 e. The highest BCUT2D eigenvalue weighted by Gasteiger charge is 2.12. The summed E-state index contributed by atoms with van der Waals surface area (Å²) < 4.78 is 32.2. The Morgan fingerprint density at radius 2 is 1.73 bits per heavy atom. The maximum atomic E-state index is 12.0. The summed E-state index contributed by atoms with van der Waals surface area (Å²) in [7, 11) is -1.58. The van der Waals surface area contributed by atoms with Gasteiger partial charge in [-0.05, 0) is 50.7 Å². The number of hydrogen-bond acceptors (Lipinski definition) is 4. The van der Waals surface area contributed by atoms with Gasteiger partial charge in [0.25, 0.3) is 0 Å². The summed E-state index contributed by atoms with van der Waals surface area (Å²) >= 11 is 0. The zero-order valence-electron chi connectivity index (χ0n) is 13.3. The van der Waals surface area contributed by atoms with Gasteiger partial charge in [0.1, 0.15) is 5.75 Å². The van der Waals surface area contributed by atoms with Crippen molar-refractivity contribution in [2.75, 3.05) is 26.7 Å². The van der Waals surface area contributed by atoms with Crippen molar-refractivity contribution in [3.63, 3.8) is 0 Å². The van der Waals surface area contributed by atoms with Crippen molar-refractivity contribution >= 4 is 22.4 Å². The van der Waals surface area contributed by atoms with Gasteiger partial charge < -0.3 is 10.1 Å². The lowest BCUT2D eigenvalue weighted by Crippen LogP contribution is -2.26. The summed E-state index contributed by atoms with van der Waals surface area (Å²) in [5, 5.41) is 2.98. The molecule has 2 N–H and O–H groups in total. The molecule has 1 rings (SSSR count). The third-order valence-electron chi connectivity index (χ3n) is 3.05. The maximum absolute atomic E-state index is 12.0.